The van der Waals surface area contributed by atoms with Gasteiger partial charge in [0.25, 0.3) is 11.8 Å². The molecule has 0 aliphatic carbocycles. The van der Waals surface area contributed by atoms with Crippen molar-refractivity contribution in [2.45, 2.75) is 39.8 Å². The van der Waals surface area contributed by atoms with Gasteiger partial charge in [0.1, 0.15) is 0 Å². The molecule has 4 N–H and O–H groups in total. The number of nitrogens with one attached hydrogen (secondary N) is 2. The molecule has 2 amide bonds. The Morgan fingerprint density at radius 3 is 1.52 bits per heavy atom. The number of thiazole rings is 2. The van der Waals surface area contributed by atoms with Gasteiger partial charge < -0.3 is 20.8 Å². The summed E-state index contributed by atoms with van der Waals surface area (Å²) in [4.78, 5) is 63.3. The molecular formula is C32H32N6O6S2. The molecule has 0 radical (unpaired) electrons. The summed E-state index contributed by atoms with van der Waals surface area (Å²) in [5, 5.41) is 24.9. The molecule has 6 rings (SSSR count). The highest BCUT2D eigenvalue weighted by atomic mass is 32.1. The molecule has 0 unspecified atom stereocenters. The minimum atomic E-state index is -0.880. The molecule has 0 fully saturated rings. The van der Waals surface area contributed by atoms with Crippen LogP contribution in [0.25, 0.3) is 11.1 Å². The van der Waals surface area contributed by atoms with E-state index >= 15 is 0 Å². The van der Waals surface area contributed by atoms with Crippen LogP contribution in [-0.4, -0.2) is 79.9 Å². The second-order valence-electron chi connectivity index (χ2n) is 11.4. The second-order valence-corrected chi connectivity index (χ2v) is 13.5. The van der Waals surface area contributed by atoms with Gasteiger partial charge in [-0.3, -0.25) is 29.0 Å². The molecule has 0 spiro atoms. The van der Waals surface area contributed by atoms with E-state index in [1.165, 1.54) is 22.7 Å². The first kappa shape index (κ1) is 31.5. The fraction of sp³-hybridized carbons (Fsp3) is 0.312. The summed E-state index contributed by atoms with van der Waals surface area (Å²) in [6, 6.07) is 11.3. The number of hydrogen-bond acceptors (Lipinski definition) is 10. The number of hydrogen-bond donors (Lipinski definition) is 4. The number of anilines is 2. The topological polar surface area (TPSA) is 165 Å². The first-order chi connectivity index (χ1) is 22.0. The van der Waals surface area contributed by atoms with Crippen LogP contribution < -0.4 is 10.6 Å². The van der Waals surface area contributed by atoms with Crippen LogP contribution in [0.15, 0.2) is 36.4 Å². The number of carboxylic acid groups (broad SMARTS) is 2. The Morgan fingerprint density at radius 2 is 1.13 bits per heavy atom. The third-order valence-corrected chi connectivity index (χ3v) is 10.3. The summed E-state index contributed by atoms with van der Waals surface area (Å²) in [6.07, 6.45) is 1.20. The number of aliphatic carboxylic acids is 2. The predicted octanol–water partition coefficient (Wildman–Crippen LogP) is 4.27. The maximum absolute atomic E-state index is 13.3. The number of carbonyl (C=O) groups excluding carboxylic acids is 2. The maximum atomic E-state index is 13.3. The summed E-state index contributed by atoms with van der Waals surface area (Å²) in [5.74, 6) is -2.40. The maximum Gasteiger partial charge on any atom is 0.317 e. The zero-order valence-electron chi connectivity index (χ0n) is 25.3. The number of rotatable bonds is 9. The number of aromatic nitrogens is 2. The molecule has 4 heterocycles. The fourth-order valence-corrected chi connectivity index (χ4v) is 7.91. The van der Waals surface area contributed by atoms with Gasteiger partial charge in [0, 0.05) is 60.1 Å². The number of benzene rings is 2. The molecule has 12 nitrogen and oxygen atoms in total. The quantitative estimate of drug-likeness (QED) is 0.204. The van der Waals surface area contributed by atoms with E-state index in [0.717, 1.165) is 43.4 Å². The SMILES string of the molecule is Cc1c(NC(=O)c2nc3c(s2)CN(CC(=O)O)CC3)cccc1-c1cccc(NC(=O)c2nc3c(s2)CN(CC(=O)O)CC3)c1C. The van der Waals surface area contributed by atoms with Gasteiger partial charge in [-0.25, -0.2) is 9.97 Å². The first-order valence-corrected chi connectivity index (χ1v) is 16.4. The molecule has 0 saturated carbocycles. The lowest BCUT2D eigenvalue weighted by atomic mass is 9.94. The van der Waals surface area contributed by atoms with Crippen molar-refractivity contribution in [1.82, 2.24) is 19.8 Å². The zero-order chi connectivity index (χ0) is 32.5. The van der Waals surface area contributed by atoms with Crippen molar-refractivity contribution in [3.05, 3.63) is 78.7 Å². The molecule has 4 aromatic rings. The van der Waals surface area contributed by atoms with Gasteiger partial charge in [-0.15, -0.1) is 22.7 Å². The smallest absolute Gasteiger partial charge is 0.317 e. The molecule has 2 aromatic heterocycles. The number of nitrogens with zero attached hydrogens (tertiary/aromatic N) is 4. The Labute approximate surface area is 272 Å². The van der Waals surface area contributed by atoms with E-state index in [1.54, 1.807) is 0 Å². The fourth-order valence-electron chi connectivity index (χ4n) is 5.82. The van der Waals surface area contributed by atoms with Gasteiger partial charge in [0.05, 0.1) is 24.5 Å². The minimum Gasteiger partial charge on any atom is -0.480 e. The summed E-state index contributed by atoms with van der Waals surface area (Å²) in [5.41, 5.74) is 6.48. The van der Waals surface area contributed by atoms with E-state index in [1.807, 2.05) is 60.0 Å². The van der Waals surface area contributed by atoms with Crippen LogP contribution in [0.5, 0.6) is 0 Å². The van der Waals surface area contributed by atoms with Crippen LogP contribution in [0.3, 0.4) is 0 Å². The van der Waals surface area contributed by atoms with Gasteiger partial charge in [0.2, 0.25) is 0 Å². The highest BCUT2D eigenvalue weighted by Crippen LogP contribution is 2.35. The third-order valence-electron chi connectivity index (χ3n) is 8.18. The molecule has 0 bridgehead atoms. The van der Waals surface area contributed by atoms with E-state index in [-0.39, 0.29) is 24.9 Å². The number of carboxylic acids is 2. The van der Waals surface area contributed by atoms with Crippen molar-refractivity contribution in [2.24, 2.45) is 0 Å². The minimum absolute atomic E-state index is 0.0447. The van der Waals surface area contributed by atoms with E-state index in [0.29, 0.717) is 60.4 Å². The lowest BCUT2D eigenvalue weighted by molar-refractivity contribution is -0.139. The molecule has 2 aromatic carbocycles. The Morgan fingerprint density at radius 1 is 0.717 bits per heavy atom. The standard InChI is InChI=1S/C32H32N6O6S2/c1-17-19(5-3-7-21(17)33-29(43)31-35-23-9-11-37(15-27(39)40)13-25(23)45-31)20-6-4-8-22(18(20)2)34-30(44)32-36-24-10-12-38(16-28(41)42)14-26(24)46-32/h3-8H,9-16H2,1-2H3,(H,33,43)(H,34,44)(H,39,40)(H,41,42). The lowest BCUT2D eigenvalue weighted by Crippen LogP contribution is -2.34. The van der Waals surface area contributed by atoms with Gasteiger partial charge in [-0.2, -0.15) is 0 Å². The van der Waals surface area contributed by atoms with Crippen LogP contribution >= 0.6 is 22.7 Å². The Balaban J connectivity index is 1.17. The first-order valence-electron chi connectivity index (χ1n) is 14.7. The molecule has 2 aliphatic heterocycles. The van der Waals surface area contributed by atoms with Crippen molar-refractivity contribution in [3.8, 4) is 11.1 Å². The van der Waals surface area contributed by atoms with Crippen LogP contribution in [0.2, 0.25) is 0 Å². The van der Waals surface area contributed by atoms with Crippen molar-refractivity contribution >= 4 is 57.8 Å². The van der Waals surface area contributed by atoms with Gasteiger partial charge in [-0.05, 0) is 48.2 Å². The van der Waals surface area contributed by atoms with Crippen LogP contribution in [-0.2, 0) is 35.5 Å². The van der Waals surface area contributed by atoms with Crippen LogP contribution in [0.4, 0.5) is 11.4 Å². The molecule has 14 heteroatoms. The normalized spacial score (nSPS) is 14.7. The van der Waals surface area contributed by atoms with Gasteiger partial charge >= 0.3 is 11.9 Å². The van der Waals surface area contributed by atoms with Gasteiger partial charge in [-0.1, -0.05) is 24.3 Å². The highest BCUT2D eigenvalue weighted by molar-refractivity contribution is 7.14. The van der Waals surface area contributed by atoms with E-state index in [4.69, 9.17) is 10.2 Å². The molecule has 0 atom stereocenters. The number of carbonyl (C=O) groups is 4. The van der Waals surface area contributed by atoms with E-state index in [9.17, 15) is 19.2 Å². The Bertz CT molecular complexity index is 1730. The lowest BCUT2D eigenvalue weighted by Gasteiger charge is -2.23. The molecule has 0 saturated heterocycles. The van der Waals surface area contributed by atoms with Crippen molar-refractivity contribution < 1.29 is 29.4 Å². The average Bonchev–Trinajstić information content (AvgIpc) is 3.63. The molecular weight excluding hydrogens is 629 g/mol. The largest absolute Gasteiger partial charge is 0.480 e. The monoisotopic (exact) mass is 660 g/mol. The summed E-state index contributed by atoms with van der Waals surface area (Å²) >= 11 is 2.58. The van der Waals surface area contributed by atoms with E-state index in [2.05, 4.69) is 20.6 Å². The second kappa shape index (κ2) is 13.1. The summed E-state index contributed by atoms with van der Waals surface area (Å²) in [6.45, 7) is 5.87. The Kier molecular flexibility index (Phi) is 8.95. The zero-order valence-corrected chi connectivity index (χ0v) is 26.9. The predicted molar refractivity (Wildman–Crippen MR) is 175 cm³/mol. The summed E-state index contributed by atoms with van der Waals surface area (Å²) < 4.78 is 0. The van der Waals surface area contributed by atoms with Crippen molar-refractivity contribution in [2.75, 3.05) is 36.8 Å². The van der Waals surface area contributed by atoms with Crippen LogP contribution in [0.1, 0.15) is 51.9 Å². The number of fused-ring (bicyclic) bond motifs is 2. The molecule has 46 heavy (non-hydrogen) atoms. The Hall–Kier alpha value is -4.50. The van der Waals surface area contributed by atoms with Crippen molar-refractivity contribution in [3.63, 3.8) is 0 Å². The number of amides is 2. The molecule has 2 aliphatic rings. The third kappa shape index (κ3) is 6.70. The van der Waals surface area contributed by atoms with Crippen LogP contribution in [0, 0.1) is 13.8 Å². The van der Waals surface area contributed by atoms with Gasteiger partial charge in [0.15, 0.2) is 10.0 Å². The average molecular weight is 661 g/mol. The van der Waals surface area contributed by atoms with E-state index < -0.39 is 11.9 Å². The molecule has 238 valence electrons. The summed E-state index contributed by atoms with van der Waals surface area (Å²) in [7, 11) is 0. The van der Waals surface area contributed by atoms with Crippen molar-refractivity contribution in [1.29, 1.82) is 0 Å². The highest BCUT2D eigenvalue weighted by Gasteiger charge is 2.26.